The van der Waals surface area contributed by atoms with Crippen LogP contribution in [-0.4, -0.2) is 36.7 Å². The van der Waals surface area contributed by atoms with Crippen LogP contribution in [0.3, 0.4) is 0 Å². The van der Waals surface area contributed by atoms with Gasteiger partial charge in [-0.05, 0) is 62.6 Å². The van der Waals surface area contributed by atoms with E-state index in [-0.39, 0.29) is 18.7 Å². The minimum atomic E-state index is -4.80. The van der Waals surface area contributed by atoms with Crippen LogP contribution in [0, 0.1) is 5.92 Å². The van der Waals surface area contributed by atoms with Gasteiger partial charge in [0.1, 0.15) is 0 Å². The number of carboxylic acid groups (broad SMARTS) is 1. The number of carboxylic acids is 1. The summed E-state index contributed by atoms with van der Waals surface area (Å²) in [6.45, 7) is 2.38. The molecule has 1 N–H and O–H groups in total. The lowest BCUT2D eigenvalue weighted by Gasteiger charge is -2.40. The predicted molar refractivity (Wildman–Crippen MR) is 116 cm³/mol. The average molecular weight is 537 g/mol. The average Bonchev–Trinajstić information content (AvgIpc) is 2.77. The number of alkyl halides is 6. The van der Waals surface area contributed by atoms with Crippen molar-refractivity contribution < 1.29 is 49.5 Å². The van der Waals surface area contributed by atoms with Crippen LogP contribution >= 0.6 is 0 Å². The van der Waals surface area contributed by atoms with Gasteiger partial charge in [-0.3, -0.25) is 4.79 Å². The fourth-order valence-corrected chi connectivity index (χ4v) is 5.95. The molecule has 1 heterocycles. The van der Waals surface area contributed by atoms with Gasteiger partial charge in [0.15, 0.2) is 9.84 Å². The summed E-state index contributed by atoms with van der Waals surface area (Å²) in [5.41, 5.74) is -3.36. The molecule has 0 saturated carbocycles. The molecule has 2 aromatic carbocycles. The number of nitrogens with zero attached hydrogens (tertiary/aromatic N) is 1. The topological polar surface area (TPSA) is 91.8 Å². The van der Waals surface area contributed by atoms with Crippen LogP contribution in [0.15, 0.2) is 47.4 Å². The highest BCUT2D eigenvalue weighted by Crippen LogP contribution is 2.41. The molecule has 1 fully saturated rings. The van der Waals surface area contributed by atoms with Crippen molar-refractivity contribution in [3.63, 3.8) is 0 Å². The van der Waals surface area contributed by atoms with E-state index in [4.69, 9.17) is 0 Å². The third kappa shape index (κ3) is 5.06. The Hall–Kier alpha value is -3.09. The normalized spacial score (nSPS) is 17.8. The zero-order valence-electron chi connectivity index (χ0n) is 18.9. The van der Waals surface area contributed by atoms with Gasteiger partial charge in [0.05, 0.1) is 32.0 Å². The third-order valence-electron chi connectivity index (χ3n) is 6.42. The molecule has 0 radical (unpaired) electrons. The number of hydrogen-bond acceptors (Lipinski definition) is 4. The van der Waals surface area contributed by atoms with Gasteiger partial charge in [0, 0.05) is 13.0 Å². The smallest absolute Gasteiger partial charge is 0.416 e. The van der Waals surface area contributed by atoms with Gasteiger partial charge in [-0.1, -0.05) is 6.07 Å². The number of rotatable bonds is 5. The number of sulfone groups is 1. The van der Waals surface area contributed by atoms with Gasteiger partial charge >= 0.3 is 18.3 Å². The van der Waals surface area contributed by atoms with E-state index in [0.717, 1.165) is 29.2 Å². The number of anilines is 1. The maximum absolute atomic E-state index is 13.3. The highest BCUT2D eigenvalue weighted by atomic mass is 32.2. The van der Waals surface area contributed by atoms with Crippen LogP contribution in [-0.2, 0) is 27.0 Å². The molecular weight excluding hydrogens is 516 g/mol. The quantitative estimate of drug-likeness (QED) is 0.515. The van der Waals surface area contributed by atoms with Crippen LogP contribution in [0.5, 0.6) is 0 Å². The number of aromatic carboxylic acids is 1. The van der Waals surface area contributed by atoms with Gasteiger partial charge in [-0.15, -0.1) is 0 Å². The lowest BCUT2D eigenvalue weighted by molar-refractivity contribution is -0.138. The first-order chi connectivity index (χ1) is 16.4. The number of carbonyl (C=O) groups excluding carboxylic acids is 1. The number of halogens is 6. The molecular formula is C23H21F6NO5S. The molecule has 1 aliphatic rings. The Morgan fingerprint density at radius 3 is 2.08 bits per heavy atom. The molecule has 1 amide bonds. The van der Waals surface area contributed by atoms with Gasteiger partial charge in [0.2, 0.25) is 5.91 Å². The molecule has 1 atom stereocenters. The highest BCUT2D eigenvalue weighted by molar-refractivity contribution is 7.92. The van der Waals surface area contributed by atoms with E-state index < -0.39 is 72.7 Å². The summed E-state index contributed by atoms with van der Waals surface area (Å²) >= 11 is 0. The Labute approximate surface area is 202 Å². The van der Waals surface area contributed by atoms with Crippen molar-refractivity contribution in [3.05, 3.63) is 59.2 Å². The lowest BCUT2D eigenvalue weighted by atomic mass is 9.85. The van der Waals surface area contributed by atoms with E-state index in [2.05, 4.69) is 0 Å². The van der Waals surface area contributed by atoms with Crippen LogP contribution in [0.4, 0.5) is 32.0 Å². The molecule has 6 nitrogen and oxygen atoms in total. The van der Waals surface area contributed by atoms with Crippen molar-refractivity contribution in [2.75, 3.05) is 11.4 Å². The van der Waals surface area contributed by atoms with Crippen LogP contribution in [0.1, 0.15) is 48.2 Å². The molecule has 13 heteroatoms. The Bertz CT molecular complexity index is 1300. The predicted octanol–water partition coefficient (Wildman–Crippen LogP) is 5.42. The Morgan fingerprint density at radius 2 is 1.56 bits per heavy atom. The molecule has 1 saturated heterocycles. The highest BCUT2D eigenvalue weighted by Gasteiger charge is 2.47. The number of benzene rings is 2. The third-order valence-corrected chi connectivity index (χ3v) is 9.01. The first-order valence-electron chi connectivity index (χ1n) is 10.5. The maximum atomic E-state index is 13.3. The zero-order valence-corrected chi connectivity index (χ0v) is 19.8. The van der Waals surface area contributed by atoms with E-state index in [9.17, 15) is 49.5 Å². The second-order valence-corrected chi connectivity index (χ2v) is 11.4. The summed E-state index contributed by atoms with van der Waals surface area (Å²) in [6, 6.07) is 5.19. The van der Waals surface area contributed by atoms with Crippen LogP contribution < -0.4 is 4.90 Å². The fourth-order valence-electron chi connectivity index (χ4n) is 4.16. The SMILES string of the molecule is CC(C)([C@@H]1CCN(c2ccc(C(F)(F)F)cc2C(=O)O)C(=O)C1)S(=O)(=O)c1cccc(C(F)(F)F)c1. The first kappa shape index (κ1) is 27.5. The number of carbonyl (C=O) groups is 2. The van der Waals surface area contributed by atoms with Gasteiger partial charge in [-0.2, -0.15) is 26.3 Å². The Kier molecular flexibility index (Phi) is 6.94. The van der Waals surface area contributed by atoms with Crippen LogP contribution in [0.25, 0.3) is 0 Å². The monoisotopic (exact) mass is 537 g/mol. The molecule has 1 aliphatic heterocycles. The largest absolute Gasteiger partial charge is 0.478 e. The fraction of sp³-hybridized carbons (Fsp3) is 0.391. The molecule has 36 heavy (non-hydrogen) atoms. The second kappa shape index (κ2) is 9.09. The molecule has 0 unspecified atom stereocenters. The van der Waals surface area contributed by atoms with Crippen molar-refractivity contribution in [2.24, 2.45) is 5.92 Å². The molecule has 0 aromatic heterocycles. The van der Waals surface area contributed by atoms with Gasteiger partial charge < -0.3 is 10.0 Å². The molecule has 3 rings (SSSR count). The summed E-state index contributed by atoms with van der Waals surface area (Å²) in [4.78, 5) is 24.9. The number of hydrogen-bond donors (Lipinski definition) is 1. The Balaban J connectivity index is 1.90. The summed E-state index contributed by atoms with van der Waals surface area (Å²) < 4.78 is 103. The summed E-state index contributed by atoms with van der Waals surface area (Å²) in [5.74, 6) is -3.26. The van der Waals surface area contributed by atoms with E-state index in [0.29, 0.717) is 18.2 Å². The Morgan fingerprint density at radius 1 is 0.972 bits per heavy atom. The van der Waals surface area contributed by atoms with Crippen molar-refractivity contribution in [3.8, 4) is 0 Å². The van der Waals surface area contributed by atoms with Crippen LogP contribution in [0.2, 0.25) is 0 Å². The maximum Gasteiger partial charge on any atom is 0.416 e. The first-order valence-corrected chi connectivity index (χ1v) is 12.0. The number of piperidine rings is 1. The minimum absolute atomic E-state index is 0.0109. The van der Waals surface area contributed by atoms with Gasteiger partial charge in [0.25, 0.3) is 0 Å². The van der Waals surface area contributed by atoms with Crippen molar-refractivity contribution in [1.29, 1.82) is 0 Å². The molecule has 0 aliphatic carbocycles. The molecule has 196 valence electrons. The van der Waals surface area contributed by atoms with E-state index in [1.54, 1.807) is 0 Å². The molecule has 2 aromatic rings. The van der Waals surface area contributed by atoms with E-state index in [1.165, 1.54) is 13.8 Å². The standard InChI is InChI=1S/C23H21F6NO5S/c1-21(2,36(34,35)16-5-3-4-14(10-16)22(24,25)26)13-8-9-30(19(31)12-13)18-7-6-15(23(27,28)29)11-17(18)20(32)33/h3-7,10-11,13H,8-9,12H2,1-2H3,(H,32,33)/t13-/m1/s1. The van der Waals surface area contributed by atoms with E-state index in [1.807, 2.05) is 0 Å². The minimum Gasteiger partial charge on any atom is -0.478 e. The van der Waals surface area contributed by atoms with Crippen molar-refractivity contribution in [1.82, 2.24) is 0 Å². The summed E-state index contributed by atoms with van der Waals surface area (Å²) in [7, 11) is -4.36. The number of amides is 1. The van der Waals surface area contributed by atoms with Gasteiger partial charge in [-0.25, -0.2) is 13.2 Å². The van der Waals surface area contributed by atoms with Crippen molar-refractivity contribution >= 4 is 27.4 Å². The lowest BCUT2D eigenvalue weighted by Crippen LogP contribution is -2.49. The molecule has 0 spiro atoms. The molecule has 0 bridgehead atoms. The summed E-state index contributed by atoms with van der Waals surface area (Å²) in [6.07, 6.45) is -9.97. The van der Waals surface area contributed by atoms with E-state index >= 15 is 0 Å². The second-order valence-electron chi connectivity index (χ2n) is 8.90. The summed E-state index contributed by atoms with van der Waals surface area (Å²) in [5, 5.41) is 9.40. The van der Waals surface area contributed by atoms with Crippen molar-refractivity contribution in [2.45, 2.75) is 48.7 Å². The zero-order chi connectivity index (χ0) is 27.3.